The summed E-state index contributed by atoms with van der Waals surface area (Å²) in [6, 6.07) is 4.34. The van der Waals surface area contributed by atoms with Gasteiger partial charge in [0, 0.05) is 24.5 Å². The number of piperidine rings is 1. The van der Waals surface area contributed by atoms with E-state index in [4.69, 9.17) is 11.6 Å². The summed E-state index contributed by atoms with van der Waals surface area (Å²) in [5.41, 5.74) is 1.30. The highest BCUT2D eigenvalue weighted by molar-refractivity contribution is 6.17. The first kappa shape index (κ1) is 14.3. The number of alkyl halides is 1. The zero-order valence-corrected chi connectivity index (χ0v) is 11.9. The molecular formula is C15H19ClFNO. The van der Waals surface area contributed by atoms with Gasteiger partial charge in [0.15, 0.2) is 0 Å². The molecule has 0 N–H and O–H groups in total. The number of hydrogen-bond acceptors (Lipinski definition) is 1. The van der Waals surface area contributed by atoms with Gasteiger partial charge in [-0.15, -0.1) is 11.6 Å². The van der Waals surface area contributed by atoms with E-state index in [1.165, 1.54) is 12.1 Å². The highest BCUT2D eigenvalue weighted by atomic mass is 35.5. The third-order valence-electron chi connectivity index (χ3n) is 3.74. The van der Waals surface area contributed by atoms with Gasteiger partial charge in [0.2, 0.25) is 0 Å². The minimum absolute atomic E-state index is 0.0109. The molecule has 1 aromatic carbocycles. The molecule has 1 aliphatic rings. The fourth-order valence-electron chi connectivity index (χ4n) is 2.68. The second-order valence-electron chi connectivity index (χ2n) is 5.20. The Bertz CT molecular complexity index is 461. The molecule has 0 saturated carbocycles. The number of carbonyl (C=O) groups excluding carboxylic acids is 1. The Kier molecular flexibility index (Phi) is 4.81. The molecular weight excluding hydrogens is 265 g/mol. The lowest BCUT2D eigenvalue weighted by atomic mass is 9.94. The largest absolute Gasteiger partial charge is 0.338 e. The molecule has 1 amide bonds. The van der Waals surface area contributed by atoms with Crippen LogP contribution in [0.4, 0.5) is 4.39 Å². The van der Waals surface area contributed by atoms with Crippen molar-refractivity contribution >= 4 is 17.5 Å². The molecule has 104 valence electrons. The number of amides is 1. The lowest BCUT2D eigenvalue weighted by molar-refractivity contribution is 0.0671. The molecule has 2 nitrogen and oxygen atoms in total. The van der Waals surface area contributed by atoms with Crippen molar-refractivity contribution in [3.63, 3.8) is 0 Å². The summed E-state index contributed by atoms with van der Waals surface area (Å²) in [5.74, 6) is 0.850. The third-order valence-corrected chi connectivity index (χ3v) is 3.96. The molecule has 2 rings (SSSR count). The number of halogens is 2. The predicted molar refractivity (Wildman–Crippen MR) is 75.1 cm³/mol. The van der Waals surface area contributed by atoms with Crippen LogP contribution in [0.25, 0.3) is 0 Å². The van der Waals surface area contributed by atoms with Gasteiger partial charge in [-0.05, 0) is 55.9 Å². The van der Waals surface area contributed by atoms with Crippen LogP contribution in [0.3, 0.4) is 0 Å². The molecule has 1 atom stereocenters. The first-order valence-electron chi connectivity index (χ1n) is 6.73. The lowest BCUT2D eigenvalue weighted by Crippen LogP contribution is -2.40. The average molecular weight is 284 g/mol. The Hall–Kier alpha value is -1.09. The van der Waals surface area contributed by atoms with Crippen molar-refractivity contribution in [2.24, 2.45) is 5.92 Å². The minimum Gasteiger partial charge on any atom is -0.338 e. The van der Waals surface area contributed by atoms with Crippen LogP contribution in [-0.4, -0.2) is 29.8 Å². The van der Waals surface area contributed by atoms with E-state index in [2.05, 4.69) is 0 Å². The number of aryl methyl sites for hydroxylation is 1. The number of nitrogens with zero attached hydrogens (tertiary/aromatic N) is 1. The molecule has 19 heavy (non-hydrogen) atoms. The van der Waals surface area contributed by atoms with Gasteiger partial charge in [-0.3, -0.25) is 4.79 Å². The van der Waals surface area contributed by atoms with Crippen molar-refractivity contribution in [2.75, 3.05) is 19.0 Å². The van der Waals surface area contributed by atoms with Gasteiger partial charge in [-0.25, -0.2) is 4.39 Å². The molecule has 1 aromatic rings. The molecule has 1 unspecified atom stereocenters. The summed E-state index contributed by atoms with van der Waals surface area (Å²) in [6.07, 6.45) is 3.11. The topological polar surface area (TPSA) is 20.3 Å². The number of carbonyl (C=O) groups is 1. The molecule has 0 aromatic heterocycles. The Morgan fingerprint density at radius 3 is 3.00 bits per heavy atom. The number of hydrogen-bond donors (Lipinski definition) is 0. The molecule has 0 spiro atoms. The van der Waals surface area contributed by atoms with E-state index < -0.39 is 0 Å². The lowest BCUT2D eigenvalue weighted by Gasteiger charge is -2.33. The molecule has 1 aliphatic heterocycles. The monoisotopic (exact) mass is 283 g/mol. The smallest absolute Gasteiger partial charge is 0.254 e. The van der Waals surface area contributed by atoms with Gasteiger partial charge in [-0.2, -0.15) is 0 Å². The van der Waals surface area contributed by atoms with E-state index in [0.717, 1.165) is 32.4 Å². The normalized spacial score (nSPS) is 19.5. The second kappa shape index (κ2) is 6.38. The van der Waals surface area contributed by atoms with Gasteiger partial charge in [0.05, 0.1) is 0 Å². The van der Waals surface area contributed by atoms with Crippen LogP contribution in [0.2, 0.25) is 0 Å². The number of rotatable bonds is 3. The van der Waals surface area contributed by atoms with Gasteiger partial charge in [-0.1, -0.05) is 0 Å². The molecule has 1 heterocycles. The first-order valence-corrected chi connectivity index (χ1v) is 7.26. The van der Waals surface area contributed by atoms with Crippen molar-refractivity contribution in [3.05, 3.63) is 35.1 Å². The maximum Gasteiger partial charge on any atom is 0.254 e. The summed E-state index contributed by atoms with van der Waals surface area (Å²) in [6.45, 7) is 3.33. The first-order chi connectivity index (χ1) is 9.11. The molecule has 0 bridgehead atoms. The minimum atomic E-state index is -0.298. The zero-order valence-electron chi connectivity index (χ0n) is 11.2. The van der Waals surface area contributed by atoms with Crippen molar-refractivity contribution < 1.29 is 9.18 Å². The fraction of sp³-hybridized carbons (Fsp3) is 0.533. The van der Waals surface area contributed by atoms with E-state index in [1.807, 2.05) is 4.90 Å². The van der Waals surface area contributed by atoms with Crippen LogP contribution < -0.4 is 0 Å². The highest BCUT2D eigenvalue weighted by Crippen LogP contribution is 2.22. The van der Waals surface area contributed by atoms with E-state index >= 15 is 0 Å². The van der Waals surface area contributed by atoms with Gasteiger partial charge in [0.1, 0.15) is 5.82 Å². The summed E-state index contributed by atoms with van der Waals surface area (Å²) >= 11 is 5.78. The van der Waals surface area contributed by atoms with Crippen LogP contribution in [0.15, 0.2) is 18.2 Å². The van der Waals surface area contributed by atoms with Crippen LogP contribution >= 0.6 is 11.6 Å². The van der Waals surface area contributed by atoms with Crippen LogP contribution in [-0.2, 0) is 0 Å². The summed E-state index contributed by atoms with van der Waals surface area (Å²) in [4.78, 5) is 14.3. The van der Waals surface area contributed by atoms with Crippen LogP contribution in [0, 0.1) is 18.7 Å². The van der Waals surface area contributed by atoms with Gasteiger partial charge < -0.3 is 4.90 Å². The zero-order chi connectivity index (χ0) is 13.8. The van der Waals surface area contributed by atoms with Gasteiger partial charge in [0.25, 0.3) is 5.91 Å². The van der Waals surface area contributed by atoms with E-state index in [0.29, 0.717) is 22.9 Å². The number of likely N-dealkylation sites (tertiary alicyclic amines) is 1. The van der Waals surface area contributed by atoms with E-state index in [9.17, 15) is 9.18 Å². The Morgan fingerprint density at radius 1 is 1.53 bits per heavy atom. The SMILES string of the molecule is Cc1cc(F)ccc1C(=O)N1CCCC(CCCl)C1. The van der Waals surface area contributed by atoms with Crippen molar-refractivity contribution in [3.8, 4) is 0 Å². The molecule has 0 radical (unpaired) electrons. The quantitative estimate of drug-likeness (QED) is 0.776. The Balaban J connectivity index is 2.10. The number of benzene rings is 1. The predicted octanol–water partition coefficient (Wildman–Crippen LogP) is 3.62. The maximum atomic E-state index is 13.1. The second-order valence-corrected chi connectivity index (χ2v) is 5.57. The molecule has 1 fully saturated rings. The summed E-state index contributed by atoms with van der Waals surface area (Å²) in [5, 5.41) is 0. The van der Waals surface area contributed by atoms with Crippen molar-refractivity contribution in [1.82, 2.24) is 4.90 Å². The standard InChI is InChI=1S/C15H19ClFNO/c1-11-9-13(17)4-5-14(11)15(19)18-8-2-3-12(10-18)6-7-16/h4-5,9,12H,2-3,6-8,10H2,1H3. The molecule has 1 saturated heterocycles. The average Bonchev–Trinajstić information content (AvgIpc) is 2.39. The molecule has 0 aliphatic carbocycles. The van der Waals surface area contributed by atoms with E-state index in [-0.39, 0.29) is 11.7 Å². The van der Waals surface area contributed by atoms with E-state index in [1.54, 1.807) is 13.0 Å². The molecule has 4 heteroatoms. The highest BCUT2D eigenvalue weighted by Gasteiger charge is 2.24. The van der Waals surface area contributed by atoms with Crippen molar-refractivity contribution in [1.29, 1.82) is 0 Å². The summed E-state index contributed by atoms with van der Waals surface area (Å²) in [7, 11) is 0. The third kappa shape index (κ3) is 3.47. The summed E-state index contributed by atoms with van der Waals surface area (Å²) < 4.78 is 13.1. The maximum absolute atomic E-state index is 13.1. The van der Waals surface area contributed by atoms with Gasteiger partial charge >= 0.3 is 0 Å². The Morgan fingerprint density at radius 2 is 2.32 bits per heavy atom. The Labute approximate surface area is 118 Å². The van der Waals surface area contributed by atoms with Crippen LogP contribution in [0.5, 0.6) is 0 Å². The fourth-order valence-corrected chi connectivity index (χ4v) is 2.99. The van der Waals surface area contributed by atoms with Crippen molar-refractivity contribution in [2.45, 2.75) is 26.2 Å². The van der Waals surface area contributed by atoms with Crippen LogP contribution in [0.1, 0.15) is 35.2 Å².